The van der Waals surface area contributed by atoms with Crippen molar-refractivity contribution < 1.29 is 14.6 Å². The lowest BCUT2D eigenvalue weighted by atomic mass is 9.98. The highest BCUT2D eigenvalue weighted by Gasteiger charge is 2.28. The zero-order valence-corrected chi connectivity index (χ0v) is 21.7. The summed E-state index contributed by atoms with van der Waals surface area (Å²) in [6.07, 6.45) is 8.55. The van der Waals surface area contributed by atoms with E-state index in [1.165, 1.54) is 7.11 Å². The van der Waals surface area contributed by atoms with Gasteiger partial charge in [0.25, 0.3) is 0 Å². The van der Waals surface area contributed by atoms with Gasteiger partial charge in [0.2, 0.25) is 0 Å². The van der Waals surface area contributed by atoms with Crippen molar-refractivity contribution in [1.82, 2.24) is 24.0 Å². The van der Waals surface area contributed by atoms with Crippen LogP contribution in [-0.2, 0) is 24.2 Å². The fraction of sp³-hybridized carbons (Fsp3) is 0.429. The number of hydrogen-bond donors (Lipinski definition) is 2. The number of nitrogens with zero attached hydrogens (tertiary/aromatic N) is 5. The number of carbonyl (C=O) groups excluding carboxylic acids is 1. The van der Waals surface area contributed by atoms with E-state index in [2.05, 4.69) is 17.1 Å². The Morgan fingerprint density at radius 3 is 2.71 bits per heavy atom. The van der Waals surface area contributed by atoms with Crippen LogP contribution in [0.2, 0.25) is 0 Å². The van der Waals surface area contributed by atoms with Gasteiger partial charge in [-0.05, 0) is 60.7 Å². The first-order valence-corrected chi connectivity index (χ1v) is 13.1. The van der Waals surface area contributed by atoms with Crippen LogP contribution in [0.5, 0.6) is 0 Å². The number of aliphatic hydroxyl groups is 1. The molecule has 1 aliphatic heterocycles. The lowest BCUT2D eigenvalue weighted by Crippen LogP contribution is -2.41. The number of benzene rings is 1. The van der Waals surface area contributed by atoms with Gasteiger partial charge >= 0.3 is 11.8 Å². The molecule has 0 unspecified atom stereocenters. The molecule has 3 aromatic heterocycles. The number of aryl methyl sites for hydroxylation is 1. The fourth-order valence-electron chi connectivity index (χ4n) is 5.55. The van der Waals surface area contributed by atoms with Gasteiger partial charge in [-0.2, -0.15) is 0 Å². The third-order valence-corrected chi connectivity index (χ3v) is 7.55. The quantitative estimate of drug-likeness (QED) is 0.343. The van der Waals surface area contributed by atoms with E-state index < -0.39 is 0 Å². The van der Waals surface area contributed by atoms with Gasteiger partial charge in [-0.25, -0.2) is 9.59 Å². The summed E-state index contributed by atoms with van der Waals surface area (Å²) in [6, 6.07) is 8.02. The Morgan fingerprint density at radius 1 is 1.16 bits per heavy atom. The fourth-order valence-corrected chi connectivity index (χ4v) is 5.55. The van der Waals surface area contributed by atoms with E-state index in [9.17, 15) is 14.7 Å². The van der Waals surface area contributed by atoms with E-state index in [0.29, 0.717) is 45.4 Å². The Kier molecular flexibility index (Phi) is 7.71. The summed E-state index contributed by atoms with van der Waals surface area (Å²) >= 11 is 0. The van der Waals surface area contributed by atoms with E-state index in [-0.39, 0.29) is 24.4 Å². The first-order chi connectivity index (χ1) is 18.5. The van der Waals surface area contributed by atoms with Gasteiger partial charge in [0.05, 0.1) is 36.6 Å². The Bertz CT molecular complexity index is 1500. The van der Waals surface area contributed by atoms with Gasteiger partial charge in [-0.15, -0.1) is 0 Å². The number of piperidine rings is 1. The number of hydrogen-bond acceptors (Lipinski definition) is 7. The van der Waals surface area contributed by atoms with Crippen molar-refractivity contribution in [3.8, 4) is 0 Å². The highest BCUT2D eigenvalue weighted by molar-refractivity contribution is 5.86. The lowest BCUT2D eigenvalue weighted by Gasteiger charge is -2.31. The number of ether oxygens (including phenoxy) is 1. The molecule has 10 heteroatoms. The molecule has 38 heavy (non-hydrogen) atoms. The van der Waals surface area contributed by atoms with Crippen molar-refractivity contribution >= 4 is 27.9 Å². The average molecular weight is 519 g/mol. The minimum Gasteiger partial charge on any atom is -0.453 e. The van der Waals surface area contributed by atoms with Crippen LogP contribution in [0, 0.1) is 0 Å². The summed E-state index contributed by atoms with van der Waals surface area (Å²) in [4.78, 5) is 36.6. The van der Waals surface area contributed by atoms with E-state index in [0.717, 1.165) is 51.5 Å². The molecule has 0 bridgehead atoms. The summed E-state index contributed by atoms with van der Waals surface area (Å²) < 4.78 is 8.47. The number of fused-ring (bicyclic) bond motifs is 2. The molecule has 3 N–H and O–H groups in total. The molecule has 1 saturated heterocycles. The summed E-state index contributed by atoms with van der Waals surface area (Å²) in [5, 5.41) is 11.5. The first kappa shape index (κ1) is 25.9. The number of aliphatic hydroxyl groups excluding tert-OH is 1. The monoisotopic (exact) mass is 518 g/mol. The number of nitrogens with two attached hydrogens (primary N) is 1. The molecular weight excluding hydrogens is 484 g/mol. The number of aromatic nitrogens is 4. The molecule has 0 saturated carbocycles. The van der Waals surface area contributed by atoms with Crippen molar-refractivity contribution in [3.63, 3.8) is 0 Å². The average Bonchev–Trinajstić information content (AvgIpc) is 3.24. The van der Waals surface area contributed by atoms with Crippen molar-refractivity contribution in [2.45, 2.75) is 51.2 Å². The molecule has 0 atom stereocenters. The Labute approximate surface area is 220 Å². The highest BCUT2D eigenvalue weighted by Crippen LogP contribution is 2.28. The summed E-state index contributed by atoms with van der Waals surface area (Å²) in [6.45, 7) is 1.98. The van der Waals surface area contributed by atoms with Gasteiger partial charge in [0.1, 0.15) is 0 Å². The molecule has 0 aliphatic carbocycles. The zero-order chi connectivity index (χ0) is 26.6. The molecule has 5 rings (SSSR count). The van der Waals surface area contributed by atoms with Gasteiger partial charge in [0, 0.05) is 50.1 Å². The maximum absolute atomic E-state index is 13.9. The zero-order valence-electron chi connectivity index (χ0n) is 21.7. The van der Waals surface area contributed by atoms with Crippen LogP contribution in [0.25, 0.3) is 21.8 Å². The van der Waals surface area contributed by atoms with E-state index in [4.69, 9.17) is 15.5 Å². The predicted molar refractivity (Wildman–Crippen MR) is 145 cm³/mol. The molecule has 0 radical (unpaired) electrons. The summed E-state index contributed by atoms with van der Waals surface area (Å²) in [5.74, 6) is 0. The van der Waals surface area contributed by atoms with Gasteiger partial charge < -0.3 is 20.5 Å². The van der Waals surface area contributed by atoms with Crippen molar-refractivity contribution in [2.24, 2.45) is 5.73 Å². The second-order valence-electron chi connectivity index (χ2n) is 9.78. The van der Waals surface area contributed by atoms with E-state index >= 15 is 0 Å². The van der Waals surface area contributed by atoms with Crippen LogP contribution in [0.3, 0.4) is 0 Å². The van der Waals surface area contributed by atoms with Crippen LogP contribution < -0.4 is 11.4 Å². The summed E-state index contributed by atoms with van der Waals surface area (Å²) in [7, 11) is 1.38. The third-order valence-electron chi connectivity index (χ3n) is 7.55. The molecule has 1 amide bonds. The maximum atomic E-state index is 13.9. The molecule has 1 fully saturated rings. The van der Waals surface area contributed by atoms with Crippen LogP contribution in [0.1, 0.15) is 48.5 Å². The molecule has 10 nitrogen and oxygen atoms in total. The second-order valence-corrected chi connectivity index (χ2v) is 9.78. The van der Waals surface area contributed by atoms with Crippen LogP contribution >= 0.6 is 0 Å². The number of amides is 1. The highest BCUT2D eigenvalue weighted by atomic mass is 16.5. The Morgan fingerprint density at radius 2 is 1.97 bits per heavy atom. The number of carbonyl (C=O) groups is 1. The number of likely N-dealkylation sites (tertiary alicyclic amines) is 1. The number of pyridine rings is 2. The van der Waals surface area contributed by atoms with Crippen molar-refractivity contribution in [2.75, 3.05) is 26.8 Å². The Balaban J connectivity index is 1.54. The molecule has 1 aromatic carbocycles. The number of unbranched alkanes of at least 4 members (excludes halogenated alkanes) is 1. The largest absolute Gasteiger partial charge is 0.453 e. The van der Waals surface area contributed by atoms with Crippen LogP contribution in [0.4, 0.5) is 4.79 Å². The third kappa shape index (κ3) is 4.89. The van der Waals surface area contributed by atoms with E-state index in [1.54, 1.807) is 21.9 Å². The first-order valence-electron chi connectivity index (χ1n) is 13.1. The SMILES string of the molecule is COC(=O)N1CCC(n2c(=O)n(Cc3ncc4cc(CN)ccc4c3CCCCO)c3cnccc32)CC1. The van der Waals surface area contributed by atoms with Crippen molar-refractivity contribution in [1.29, 1.82) is 0 Å². The molecule has 1 aliphatic rings. The van der Waals surface area contributed by atoms with Gasteiger partial charge in [-0.1, -0.05) is 12.1 Å². The minimum absolute atomic E-state index is 0.0298. The van der Waals surface area contributed by atoms with Crippen molar-refractivity contribution in [3.05, 3.63) is 70.2 Å². The van der Waals surface area contributed by atoms with Gasteiger partial charge in [0.15, 0.2) is 0 Å². The Hall–Kier alpha value is -3.76. The van der Waals surface area contributed by atoms with Crippen LogP contribution in [-0.4, -0.2) is 62.0 Å². The standard InChI is InChI=1S/C28H34N6O4/c1-38-28(37)32-11-8-21(9-12-32)34-25-7-10-30-17-26(25)33(27(34)36)18-24-23(4-2-3-13-35)22-6-5-19(15-29)14-20(22)16-31-24/h5-7,10,14,16-17,21,35H,2-4,8-9,11-13,15,18,29H2,1H3. The second kappa shape index (κ2) is 11.3. The number of methoxy groups -OCH3 is 1. The number of rotatable bonds is 8. The minimum atomic E-state index is -0.336. The normalized spacial score (nSPS) is 14.4. The smallest absolute Gasteiger partial charge is 0.409 e. The van der Waals surface area contributed by atoms with E-state index in [1.807, 2.05) is 22.9 Å². The topological polar surface area (TPSA) is 128 Å². The van der Waals surface area contributed by atoms with Gasteiger partial charge in [-0.3, -0.25) is 19.1 Å². The lowest BCUT2D eigenvalue weighted by molar-refractivity contribution is 0.107. The molecule has 4 aromatic rings. The molecule has 4 heterocycles. The molecule has 0 spiro atoms. The predicted octanol–water partition coefficient (Wildman–Crippen LogP) is 2.97. The van der Waals surface area contributed by atoms with Crippen LogP contribution in [0.15, 0.2) is 47.7 Å². The molecule has 200 valence electrons. The maximum Gasteiger partial charge on any atom is 0.409 e. The summed E-state index contributed by atoms with van der Waals surface area (Å²) in [5.41, 5.74) is 10.3. The number of imidazole rings is 1. The molecular formula is C28H34N6O4.